The van der Waals surface area contributed by atoms with Crippen LogP contribution in [0.25, 0.3) is 0 Å². The van der Waals surface area contributed by atoms with E-state index in [1.54, 1.807) is 18.5 Å². The highest BCUT2D eigenvalue weighted by molar-refractivity contribution is 9.10. The molecule has 1 atom stereocenters. The largest absolute Gasteiger partial charge is 0.465 e. The van der Waals surface area contributed by atoms with Crippen LogP contribution in [0.1, 0.15) is 34.7 Å². The molecule has 0 saturated heterocycles. The summed E-state index contributed by atoms with van der Waals surface area (Å²) in [5, 5.41) is 11.3. The molecule has 2 aromatic rings. The van der Waals surface area contributed by atoms with Gasteiger partial charge in [0.2, 0.25) is 0 Å². The van der Waals surface area contributed by atoms with E-state index in [-0.39, 0.29) is 12.0 Å². The number of hydrogen-bond acceptors (Lipinski definition) is 5. The summed E-state index contributed by atoms with van der Waals surface area (Å²) >= 11 is 3.48. The molecule has 0 aliphatic rings. The smallest absolute Gasteiger partial charge is 0.337 e. The quantitative estimate of drug-likeness (QED) is 0.835. The molecular weight excluding hydrogens is 336 g/mol. The molecule has 1 N–H and O–H groups in total. The van der Waals surface area contributed by atoms with Gasteiger partial charge in [0.15, 0.2) is 0 Å². The lowest BCUT2D eigenvalue weighted by Gasteiger charge is -2.14. The van der Waals surface area contributed by atoms with Gasteiger partial charge in [-0.1, -0.05) is 22.0 Å². The summed E-state index contributed by atoms with van der Waals surface area (Å²) < 4.78 is 7.44. The highest BCUT2D eigenvalue weighted by Crippen LogP contribution is 2.20. The molecular formula is C14H17BrN4O2. The van der Waals surface area contributed by atoms with E-state index in [1.807, 2.05) is 24.6 Å². The fraction of sp³-hybridized carbons (Fsp3) is 0.357. The molecule has 0 saturated carbocycles. The number of ether oxygens (including phenoxy) is 1. The molecule has 2 rings (SSSR count). The number of esters is 1. The minimum absolute atomic E-state index is 0.0738. The van der Waals surface area contributed by atoms with Crippen molar-refractivity contribution in [3.05, 3.63) is 46.0 Å². The van der Waals surface area contributed by atoms with E-state index >= 15 is 0 Å². The average molecular weight is 353 g/mol. The van der Waals surface area contributed by atoms with Crippen LogP contribution in [-0.4, -0.2) is 27.8 Å². The van der Waals surface area contributed by atoms with E-state index < -0.39 is 0 Å². The Labute approximate surface area is 131 Å². The van der Waals surface area contributed by atoms with Crippen LogP contribution in [0.4, 0.5) is 0 Å². The van der Waals surface area contributed by atoms with Gasteiger partial charge in [-0.3, -0.25) is 0 Å². The van der Waals surface area contributed by atoms with Crippen molar-refractivity contribution in [1.29, 1.82) is 0 Å². The van der Waals surface area contributed by atoms with E-state index in [0.717, 1.165) is 15.9 Å². The number of nitrogens with one attached hydrogen (secondary N) is 1. The standard InChI is InChI=1S/C14H17BrN4O2/c1-9(13-18-17-8-19(13)2)16-7-11-5-4-10(6-12(11)15)14(20)21-3/h4-6,8-9,16H,7H2,1-3H3. The number of aromatic nitrogens is 3. The van der Waals surface area contributed by atoms with Crippen LogP contribution < -0.4 is 5.32 Å². The fourth-order valence-corrected chi connectivity index (χ4v) is 2.49. The third-order valence-electron chi connectivity index (χ3n) is 3.21. The lowest BCUT2D eigenvalue weighted by atomic mass is 10.1. The number of methoxy groups -OCH3 is 1. The van der Waals surface area contributed by atoms with Gasteiger partial charge in [-0.15, -0.1) is 10.2 Å². The second kappa shape index (κ2) is 6.82. The molecule has 21 heavy (non-hydrogen) atoms. The van der Waals surface area contributed by atoms with Crippen LogP contribution in [0, 0.1) is 0 Å². The van der Waals surface area contributed by atoms with Gasteiger partial charge in [-0.25, -0.2) is 4.79 Å². The predicted molar refractivity (Wildman–Crippen MR) is 81.7 cm³/mol. The Kier molecular flexibility index (Phi) is 5.08. The van der Waals surface area contributed by atoms with Crippen molar-refractivity contribution in [2.24, 2.45) is 7.05 Å². The van der Waals surface area contributed by atoms with Crippen molar-refractivity contribution in [1.82, 2.24) is 20.1 Å². The van der Waals surface area contributed by atoms with E-state index in [1.165, 1.54) is 7.11 Å². The Balaban J connectivity index is 2.04. The zero-order valence-corrected chi connectivity index (χ0v) is 13.7. The van der Waals surface area contributed by atoms with Crippen LogP contribution in [0.15, 0.2) is 29.0 Å². The van der Waals surface area contributed by atoms with Gasteiger partial charge in [0.05, 0.1) is 18.7 Å². The minimum atomic E-state index is -0.345. The molecule has 0 fully saturated rings. The van der Waals surface area contributed by atoms with Gasteiger partial charge < -0.3 is 14.6 Å². The topological polar surface area (TPSA) is 69.0 Å². The molecule has 0 amide bonds. The molecule has 7 heteroatoms. The molecule has 6 nitrogen and oxygen atoms in total. The van der Waals surface area contributed by atoms with Gasteiger partial charge in [0.1, 0.15) is 12.2 Å². The summed E-state index contributed by atoms with van der Waals surface area (Å²) in [5.74, 6) is 0.528. The van der Waals surface area contributed by atoms with Crippen LogP contribution >= 0.6 is 15.9 Å². The Hall–Kier alpha value is -1.73. The molecule has 1 aromatic carbocycles. The molecule has 0 radical (unpaired) electrons. The number of halogens is 1. The summed E-state index contributed by atoms with van der Waals surface area (Å²) in [6.45, 7) is 2.68. The number of benzene rings is 1. The Morgan fingerprint density at radius 3 is 2.86 bits per heavy atom. The lowest BCUT2D eigenvalue weighted by molar-refractivity contribution is 0.0600. The first-order valence-corrected chi connectivity index (χ1v) is 7.26. The average Bonchev–Trinajstić information content (AvgIpc) is 2.91. The first kappa shape index (κ1) is 15.7. The van der Waals surface area contributed by atoms with E-state index in [4.69, 9.17) is 4.74 Å². The molecule has 1 aromatic heterocycles. The number of nitrogens with zero attached hydrogens (tertiary/aromatic N) is 3. The van der Waals surface area contributed by atoms with Gasteiger partial charge in [-0.05, 0) is 24.6 Å². The van der Waals surface area contributed by atoms with Crippen molar-refractivity contribution in [2.75, 3.05) is 7.11 Å². The summed E-state index contributed by atoms with van der Waals surface area (Å²) in [6, 6.07) is 5.48. The van der Waals surface area contributed by atoms with Crippen molar-refractivity contribution >= 4 is 21.9 Å². The van der Waals surface area contributed by atoms with E-state index in [0.29, 0.717) is 12.1 Å². The Bertz CT molecular complexity index is 642. The maximum atomic E-state index is 11.5. The lowest BCUT2D eigenvalue weighted by Crippen LogP contribution is -2.21. The maximum absolute atomic E-state index is 11.5. The summed E-state index contributed by atoms with van der Waals surface area (Å²) in [4.78, 5) is 11.5. The number of rotatable bonds is 5. The second-order valence-electron chi connectivity index (χ2n) is 4.70. The summed E-state index contributed by atoms with van der Waals surface area (Å²) in [7, 11) is 3.28. The van der Waals surface area contributed by atoms with E-state index in [9.17, 15) is 4.79 Å². The zero-order chi connectivity index (χ0) is 15.4. The highest BCUT2D eigenvalue weighted by atomic mass is 79.9. The van der Waals surface area contributed by atoms with Crippen LogP contribution in [0.2, 0.25) is 0 Å². The molecule has 0 spiro atoms. The third kappa shape index (κ3) is 3.68. The zero-order valence-electron chi connectivity index (χ0n) is 12.1. The minimum Gasteiger partial charge on any atom is -0.465 e. The van der Waals surface area contributed by atoms with E-state index in [2.05, 4.69) is 31.4 Å². The highest BCUT2D eigenvalue weighted by Gasteiger charge is 2.12. The van der Waals surface area contributed by atoms with Crippen LogP contribution in [-0.2, 0) is 18.3 Å². The number of hydrogen-bond donors (Lipinski definition) is 1. The molecule has 112 valence electrons. The van der Waals surface area contributed by atoms with Gasteiger partial charge >= 0.3 is 5.97 Å². The van der Waals surface area contributed by atoms with Crippen LogP contribution in [0.5, 0.6) is 0 Å². The van der Waals surface area contributed by atoms with Crippen molar-refractivity contribution in [3.8, 4) is 0 Å². The van der Waals surface area contributed by atoms with Crippen molar-refractivity contribution in [3.63, 3.8) is 0 Å². The first-order chi connectivity index (χ1) is 10.0. The predicted octanol–water partition coefficient (Wildman–Crippen LogP) is 2.21. The SMILES string of the molecule is COC(=O)c1ccc(CNC(C)c2nncn2C)c(Br)c1. The maximum Gasteiger partial charge on any atom is 0.337 e. The van der Waals surface area contributed by atoms with Crippen molar-refractivity contribution in [2.45, 2.75) is 19.5 Å². The normalized spacial score (nSPS) is 12.2. The number of carbonyl (C=O) groups is 1. The Morgan fingerprint density at radius 2 is 2.29 bits per heavy atom. The molecule has 0 aliphatic carbocycles. The Morgan fingerprint density at radius 1 is 1.52 bits per heavy atom. The van der Waals surface area contributed by atoms with Gasteiger partial charge in [0.25, 0.3) is 0 Å². The molecule has 1 heterocycles. The van der Waals surface area contributed by atoms with Gasteiger partial charge in [-0.2, -0.15) is 0 Å². The number of carbonyl (C=O) groups excluding carboxylic acids is 1. The summed E-state index contributed by atoms with van der Waals surface area (Å²) in [6.07, 6.45) is 1.68. The van der Waals surface area contributed by atoms with Gasteiger partial charge in [0, 0.05) is 18.1 Å². The third-order valence-corrected chi connectivity index (χ3v) is 3.94. The molecule has 1 unspecified atom stereocenters. The second-order valence-corrected chi connectivity index (χ2v) is 5.55. The van der Waals surface area contributed by atoms with Crippen molar-refractivity contribution < 1.29 is 9.53 Å². The monoisotopic (exact) mass is 352 g/mol. The molecule has 0 bridgehead atoms. The van der Waals surface area contributed by atoms with Crippen LogP contribution in [0.3, 0.4) is 0 Å². The molecule has 0 aliphatic heterocycles. The number of aryl methyl sites for hydroxylation is 1. The fourth-order valence-electron chi connectivity index (χ4n) is 1.97. The first-order valence-electron chi connectivity index (χ1n) is 6.47. The summed E-state index contributed by atoms with van der Waals surface area (Å²) in [5.41, 5.74) is 1.58.